The van der Waals surface area contributed by atoms with Crippen molar-refractivity contribution in [1.82, 2.24) is 4.90 Å². The van der Waals surface area contributed by atoms with Gasteiger partial charge in [0.05, 0.1) is 5.92 Å². The van der Waals surface area contributed by atoms with E-state index in [0.29, 0.717) is 12.3 Å². The van der Waals surface area contributed by atoms with Crippen molar-refractivity contribution in [3.05, 3.63) is 0 Å². The Morgan fingerprint density at radius 2 is 2.12 bits per heavy atom. The van der Waals surface area contributed by atoms with Gasteiger partial charge in [-0.25, -0.2) is 0 Å². The van der Waals surface area contributed by atoms with Crippen LogP contribution in [0.2, 0.25) is 0 Å². The first-order valence-corrected chi connectivity index (χ1v) is 5.86. The van der Waals surface area contributed by atoms with E-state index in [4.69, 9.17) is 10.9 Å². The predicted molar refractivity (Wildman–Crippen MR) is 62.2 cm³/mol. The van der Waals surface area contributed by atoms with Gasteiger partial charge in [0, 0.05) is 13.1 Å². The number of hydrogen-bond acceptors (Lipinski definition) is 3. The Bertz CT molecular complexity index is 270. The first kappa shape index (κ1) is 12.8. The summed E-state index contributed by atoms with van der Waals surface area (Å²) in [4.78, 5) is 13.9. The fourth-order valence-electron chi connectivity index (χ4n) is 2.03. The molecule has 3 N–H and O–H groups in total. The third kappa shape index (κ3) is 2.87. The maximum atomic E-state index is 12.1. The van der Waals surface area contributed by atoms with Crippen LogP contribution < -0.4 is 5.73 Å². The van der Waals surface area contributed by atoms with Crippen molar-refractivity contribution in [1.29, 1.82) is 0 Å². The lowest BCUT2D eigenvalue weighted by Crippen LogP contribution is -2.45. The van der Waals surface area contributed by atoms with E-state index in [1.165, 1.54) is 0 Å². The van der Waals surface area contributed by atoms with Gasteiger partial charge in [-0.1, -0.05) is 19.0 Å². The maximum absolute atomic E-state index is 12.1. The molecule has 92 valence electrons. The quantitative estimate of drug-likeness (QED) is 0.327. The summed E-state index contributed by atoms with van der Waals surface area (Å²) in [5.74, 6) is 0.224. The van der Waals surface area contributed by atoms with Crippen molar-refractivity contribution >= 4 is 11.7 Å². The minimum Gasteiger partial charge on any atom is -0.409 e. The summed E-state index contributed by atoms with van der Waals surface area (Å²) in [6.07, 6.45) is 2.65. The summed E-state index contributed by atoms with van der Waals surface area (Å²) in [5, 5.41) is 11.6. The Hall–Kier alpha value is -1.26. The second kappa shape index (κ2) is 5.72. The maximum Gasteiger partial charge on any atom is 0.233 e. The van der Waals surface area contributed by atoms with E-state index in [0.717, 1.165) is 25.9 Å². The van der Waals surface area contributed by atoms with Gasteiger partial charge < -0.3 is 15.8 Å². The molecule has 1 aliphatic rings. The second-order valence-corrected chi connectivity index (χ2v) is 4.49. The van der Waals surface area contributed by atoms with Crippen molar-refractivity contribution < 1.29 is 10.0 Å². The highest BCUT2D eigenvalue weighted by Crippen LogP contribution is 2.19. The molecule has 0 aliphatic carbocycles. The summed E-state index contributed by atoms with van der Waals surface area (Å²) in [6.45, 7) is 5.64. The van der Waals surface area contributed by atoms with Gasteiger partial charge in [-0.2, -0.15) is 0 Å². The third-order valence-electron chi connectivity index (χ3n) is 3.27. The fraction of sp³-hybridized carbons (Fsp3) is 0.818. The Morgan fingerprint density at radius 3 is 2.56 bits per heavy atom. The lowest BCUT2D eigenvalue weighted by Gasteiger charge is -2.32. The van der Waals surface area contributed by atoms with Crippen LogP contribution in [0.4, 0.5) is 0 Å². The highest BCUT2D eigenvalue weighted by Gasteiger charge is 2.28. The van der Waals surface area contributed by atoms with E-state index in [1.807, 2.05) is 11.8 Å². The summed E-state index contributed by atoms with van der Waals surface area (Å²) in [7, 11) is 0. The molecule has 1 atom stereocenters. The molecular weight excluding hydrogens is 206 g/mol. The summed E-state index contributed by atoms with van der Waals surface area (Å²) in [5.41, 5.74) is 5.52. The molecule has 0 spiro atoms. The number of rotatable bonds is 3. The van der Waals surface area contributed by atoms with Crippen molar-refractivity contribution in [2.75, 3.05) is 13.1 Å². The number of oxime groups is 1. The molecule has 1 aliphatic heterocycles. The van der Waals surface area contributed by atoms with E-state index in [-0.39, 0.29) is 11.7 Å². The van der Waals surface area contributed by atoms with E-state index < -0.39 is 5.92 Å². The average Bonchev–Trinajstić information content (AvgIpc) is 2.30. The van der Waals surface area contributed by atoms with Gasteiger partial charge in [-0.3, -0.25) is 4.79 Å². The van der Waals surface area contributed by atoms with Crippen LogP contribution >= 0.6 is 0 Å². The molecule has 5 heteroatoms. The molecule has 0 aromatic rings. The van der Waals surface area contributed by atoms with Crippen LogP contribution in [0.25, 0.3) is 0 Å². The number of amidine groups is 1. The molecule has 0 saturated carbocycles. The van der Waals surface area contributed by atoms with Crippen LogP contribution in [0.1, 0.15) is 33.1 Å². The largest absolute Gasteiger partial charge is 0.409 e. The van der Waals surface area contributed by atoms with Crippen molar-refractivity contribution in [2.45, 2.75) is 33.1 Å². The number of carbonyl (C=O) groups excluding carboxylic acids is 1. The minimum atomic E-state index is -0.474. The molecular formula is C11H21N3O2. The SMILES string of the molecule is CCC(C(=O)N1CCC(C)CC1)C(N)=NO. The Balaban J connectivity index is 2.62. The average molecular weight is 227 g/mol. The topological polar surface area (TPSA) is 78.9 Å². The molecule has 0 radical (unpaired) electrons. The third-order valence-corrected chi connectivity index (χ3v) is 3.27. The van der Waals surface area contributed by atoms with Crippen LogP contribution in [-0.4, -0.2) is 34.9 Å². The molecule has 1 saturated heterocycles. The molecule has 1 amide bonds. The smallest absolute Gasteiger partial charge is 0.233 e. The van der Waals surface area contributed by atoms with Gasteiger partial charge >= 0.3 is 0 Å². The predicted octanol–water partition coefficient (Wildman–Crippen LogP) is 1.02. The molecule has 0 aromatic heterocycles. The molecule has 0 aromatic carbocycles. The van der Waals surface area contributed by atoms with Gasteiger partial charge in [0.15, 0.2) is 5.84 Å². The standard InChI is InChI=1S/C11H21N3O2/c1-3-9(10(12)13-16)11(15)14-6-4-8(2)5-7-14/h8-9,16H,3-7H2,1-2H3,(H2,12,13). The van der Waals surface area contributed by atoms with E-state index in [2.05, 4.69) is 12.1 Å². The Labute approximate surface area is 96.3 Å². The lowest BCUT2D eigenvalue weighted by atomic mass is 9.96. The molecule has 16 heavy (non-hydrogen) atoms. The van der Waals surface area contributed by atoms with Gasteiger partial charge in [-0.15, -0.1) is 0 Å². The van der Waals surface area contributed by atoms with Crippen LogP contribution in [0.5, 0.6) is 0 Å². The summed E-state index contributed by atoms with van der Waals surface area (Å²) < 4.78 is 0. The van der Waals surface area contributed by atoms with E-state index >= 15 is 0 Å². The highest BCUT2D eigenvalue weighted by atomic mass is 16.4. The van der Waals surface area contributed by atoms with Crippen LogP contribution in [0.15, 0.2) is 5.16 Å². The highest BCUT2D eigenvalue weighted by molar-refractivity contribution is 6.02. The van der Waals surface area contributed by atoms with Gasteiger partial charge in [0.25, 0.3) is 0 Å². The van der Waals surface area contributed by atoms with Crippen LogP contribution in [-0.2, 0) is 4.79 Å². The number of amides is 1. The molecule has 0 bridgehead atoms. The van der Waals surface area contributed by atoms with Crippen LogP contribution in [0.3, 0.4) is 0 Å². The summed E-state index contributed by atoms with van der Waals surface area (Å²) in [6, 6.07) is 0. The molecule has 1 fully saturated rings. The van der Waals surface area contributed by atoms with Crippen LogP contribution in [0, 0.1) is 11.8 Å². The fourth-order valence-corrected chi connectivity index (χ4v) is 2.03. The number of carbonyl (C=O) groups is 1. The number of hydrogen-bond donors (Lipinski definition) is 2. The molecule has 1 unspecified atom stereocenters. The first-order valence-electron chi connectivity index (χ1n) is 5.86. The molecule has 1 rings (SSSR count). The zero-order chi connectivity index (χ0) is 12.1. The number of nitrogens with zero attached hydrogens (tertiary/aromatic N) is 2. The molecule has 5 nitrogen and oxygen atoms in total. The number of nitrogens with two attached hydrogens (primary N) is 1. The van der Waals surface area contributed by atoms with Gasteiger partial charge in [0.1, 0.15) is 0 Å². The zero-order valence-electron chi connectivity index (χ0n) is 10.0. The number of likely N-dealkylation sites (tertiary alicyclic amines) is 1. The zero-order valence-corrected chi connectivity index (χ0v) is 10.0. The van der Waals surface area contributed by atoms with Gasteiger partial charge in [-0.05, 0) is 25.2 Å². The normalized spacial score (nSPS) is 20.9. The van der Waals surface area contributed by atoms with Crippen molar-refractivity contribution in [3.63, 3.8) is 0 Å². The minimum absolute atomic E-state index is 0.00954. The molecule has 1 heterocycles. The Morgan fingerprint density at radius 1 is 1.56 bits per heavy atom. The lowest BCUT2D eigenvalue weighted by molar-refractivity contribution is -0.134. The Kier molecular flexibility index (Phi) is 4.58. The number of piperidine rings is 1. The van der Waals surface area contributed by atoms with E-state index in [9.17, 15) is 4.79 Å². The van der Waals surface area contributed by atoms with Gasteiger partial charge in [0.2, 0.25) is 5.91 Å². The summed E-state index contributed by atoms with van der Waals surface area (Å²) >= 11 is 0. The monoisotopic (exact) mass is 227 g/mol. The van der Waals surface area contributed by atoms with Crippen molar-refractivity contribution in [2.24, 2.45) is 22.7 Å². The first-order chi connectivity index (χ1) is 7.60. The van der Waals surface area contributed by atoms with E-state index in [1.54, 1.807) is 0 Å². The van der Waals surface area contributed by atoms with Crippen molar-refractivity contribution in [3.8, 4) is 0 Å². The second-order valence-electron chi connectivity index (χ2n) is 4.49.